The number of nitriles is 1. The molecule has 0 atom stereocenters. The summed E-state index contributed by atoms with van der Waals surface area (Å²) in [4.78, 5) is 3.96. The Hall–Kier alpha value is -1.82. The molecule has 3 heteroatoms. The molecule has 0 spiro atoms. The van der Waals surface area contributed by atoms with Crippen molar-refractivity contribution in [2.24, 2.45) is 12.0 Å². The van der Waals surface area contributed by atoms with Crippen LogP contribution in [0.3, 0.4) is 0 Å². The van der Waals surface area contributed by atoms with E-state index in [1.54, 1.807) is 0 Å². The molecule has 0 aliphatic heterocycles. The highest BCUT2D eigenvalue weighted by Gasteiger charge is 2.09. The van der Waals surface area contributed by atoms with Gasteiger partial charge in [0.05, 0.1) is 23.9 Å². The molecule has 0 aromatic carbocycles. The van der Waals surface area contributed by atoms with E-state index in [1.165, 1.54) is 0 Å². The first kappa shape index (κ1) is 10.3. The average molecular weight is 187 g/mol. The standard InChI is InChI=1S/C11H13N3/c1-4-5-10-11(13-2)9(6-7-12)8-14(10)3/h4-5,8H,2,6H2,1,3H3/b5-4-. The molecule has 1 heterocycles. The van der Waals surface area contributed by atoms with Crippen LogP contribution in [0.15, 0.2) is 17.3 Å². The smallest absolute Gasteiger partial charge is 0.0915 e. The number of rotatable bonds is 3. The Morgan fingerprint density at radius 1 is 1.71 bits per heavy atom. The fraction of sp³-hybridized carbons (Fsp3) is 0.273. The highest BCUT2D eigenvalue weighted by Crippen LogP contribution is 2.27. The molecule has 0 bridgehead atoms. The van der Waals surface area contributed by atoms with E-state index in [0.29, 0.717) is 6.42 Å². The summed E-state index contributed by atoms with van der Waals surface area (Å²) in [6, 6.07) is 2.12. The number of aromatic nitrogens is 1. The summed E-state index contributed by atoms with van der Waals surface area (Å²) in [6.07, 6.45) is 6.20. The van der Waals surface area contributed by atoms with Crippen LogP contribution in [0.1, 0.15) is 18.2 Å². The predicted octanol–water partition coefficient (Wildman–Crippen LogP) is 2.46. The summed E-state index contributed by atoms with van der Waals surface area (Å²) in [6.45, 7) is 5.47. The van der Waals surface area contributed by atoms with Gasteiger partial charge in [-0.05, 0) is 19.7 Å². The molecule has 0 amide bonds. The highest BCUT2D eigenvalue weighted by atomic mass is 15.0. The van der Waals surface area contributed by atoms with Crippen LogP contribution in [-0.4, -0.2) is 11.3 Å². The molecule has 1 aromatic heterocycles. The van der Waals surface area contributed by atoms with Gasteiger partial charge in [-0.3, -0.25) is 4.99 Å². The Labute approximate surface area is 84.0 Å². The van der Waals surface area contributed by atoms with Crippen molar-refractivity contribution >= 4 is 18.5 Å². The predicted molar refractivity (Wildman–Crippen MR) is 58.6 cm³/mol. The van der Waals surface area contributed by atoms with Gasteiger partial charge in [-0.25, -0.2) is 0 Å². The zero-order valence-corrected chi connectivity index (χ0v) is 8.49. The molecule has 0 unspecified atom stereocenters. The van der Waals surface area contributed by atoms with Crippen molar-refractivity contribution in [3.63, 3.8) is 0 Å². The van der Waals surface area contributed by atoms with Gasteiger partial charge in [0.1, 0.15) is 0 Å². The summed E-state index contributed by atoms with van der Waals surface area (Å²) in [5, 5.41) is 8.63. The third kappa shape index (κ3) is 1.74. The maximum atomic E-state index is 8.63. The van der Waals surface area contributed by atoms with E-state index in [-0.39, 0.29) is 0 Å². The van der Waals surface area contributed by atoms with E-state index in [1.807, 2.05) is 36.9 Å². The van der Waals surface area contributed by atoms with Gasteiger partial charge < -0.3 is 4.57 Å². The van der Waals surface area contributed by atoms with Crippen molar-refractivity contribution in [1.29, 1.82) is 5.26 Å². The number of allylic oxidation sites excluding steroid dienone is 1. The van der Waals surface area contributed by atoms with Crippen LogP contribution >= 0.6 is 0 Å². The Balaban J connectivity index is 3.29. The van der Waals surface area contributed by atoms with Crippen LogP contribution < -0.4 is 0 Å². The van der Waals surface area contributed by atoms with Crippen molar-refractivity contribution in [2.75, 3.05) is 0 Å². The van der Waals surface area contributed by atoms with Crippen molar-refractivity contribution < 1.29 is 0 Å². The normalized spacial score (nSPS) is 10.4. The van der Waals surface area contributed by atoms with Crippen molar-refractivity contribution in [3.05, 3.63) is 23.5 Å². The first-order valence-electron chi connectivity index (χ1n) is 4.39. The van der Waals surface area contributed by atoms with E-state index in [4.69, 9.17) is 5.26 Å². The Bertz CT molecular complexity index is 405. The molecule has 0 aliphatic carbocycles. The Morgan fingerprint density at radius 2 is 2.43 bits per heavy atom. The van der Waals surface area contributed by atoms with Crippen molar-refractivity contribution in [3.8, 4) is 6.07 Å². The summed E-state index contributed by atoms with van der Waals surface area (Å²) in [7, 11) is 1.94. The lowest BCUT2D eigenvalue weighted by Gasteiger charge is -1.97. The van der Waals surface area contributed by atoms with Crippen LogP contribution in [0, 0.1) is 11.3 Å². The second kappa shape index (κ2) is 4.43. The van der Waals surface area contributed by atoms with E-state index >= 15 is 0 Å². The number of hydrogen-bond donors (Lipinski definition) is 0. The molecule has 0 fully saturated rings. The SMILES string of the molecule is C=Nc1c(CC#N)cn(C)c1/C=C\C. The monoisotopic (exact) mass is 187 g/mol. The molecule has 0 aliphatic rings. The largest absolute Gasteiger partial charge is 0.349 e. The highest BCUT2D eigenvalue weighted by molar-refractivity contribution is 5.67. The minimum absolute atomic E-state index is 0.375. The van der Waals surface area contributed by atoms with Crippen LogP contribution in [0.2, 0.25) is 0 Å². The summed E-state index contributed by atoms with van der Waals surface area (Å²) in [5.41, 5.74) is 2.73. The second-order valence-corrected chi connectivity index (χ2v) is 2.99. The maximum Gasteiger partial charge on any atom is 0.0915 e. The van der Waals surface area contributed by atoms with Gasteiger partial charge >= 0.3 is 0 Å². The van der Waals surface area contributed by atoms with Gasteiger partial charge in [0.25, 0.3) is 0 Å². The van der Waals surface area contributed by atoms with Gasteiger partial charge in [-0.2, -0.15) is 5.26 Å². The molecular formula is C11H13N3. The molecule has 0 radical (unpaired) electrons. The van der Waals surface area contributed by atoms with Crippen LogP contribution in [0.5, 0.6) is 0 Å². The quantitative estimate of drug-likeness (QED) is 0.670. The lowest BCUT2D eigenvalue weighted by molar-refractivity contribution is 0.910. The van der Waals surface area contributed by atoms with E-state index < -0.39 is 0 Å². The van der Waals surface area contributed by atoms with Crippen molar-refractivity contribution in [1.82, 2.24) is 4.57 Å². The first-order valence-corrected chi connectivity index (χ1v) is 4.39. The maximum absolute atomic E-state index is 8.63. The lowest BCUT2D eigenvalue weighted by Crippen LogP contribution is -1.86. The van der Waals surface area contributed by atoms with Gasteiger partial charge in [-0.1, -0.05) is 6.08 Å². The molecule has 72 valence electrons. The molecule has 14 heavy (non-hydrogen) atoms. The number of aliphatic imine (C=N–C) groups is 1. The molecule has 3 nitrogen and oxygen atoms in total. The molecule has 0 saturated carbocycles. The van der Waals surface area contributed by atoms with E-state index in [9.17, 15) is 0 Å². The first-order chi connectivity index (χ1) is 6.74. The molecule has 0 N–H and O–H groups in total. The summed E-state index contributed by atoms with van der Waals surface area (Å²) in [5.74, 6) is 0. The third-order valence-corrected chi connectivity index (χ3v) is 2.03. The molecular weight excluding hydrogens is 174 g/mol. The van der Waals surface area contributed by atoms with Gasteiger partial charge in [0.15, 0.2) is 0 Å². The summed E-state index contributed by atoms with van der Waals surface area (Å²) < 4.78 is 1.96. The van der Waals surface area contributed by atoms with Gasteiger partial charge in [0, 0.05) is 18.8 Å². The Morgan fingerprint density at radius 3 is 2.93 bits per heavy atom. The fourth-order valence-electron chi connectivity index (χ4n) is 1.45. The van der Waals surface area contributed by atoms with Crippen LogP contribution in [-0.2, 0) is 13.5 Å². The summed E-state index contributed by atoms with van der Waals surface area (Å²) >= 11 is 0. The fourth-order valence-corrected chi connectivity index (χ4v) is 1.45. The number of nitrogens with zero attached hydrogens (tertiary/aromatic N) is 3. The minimum atomic E-state index is 0.375. The number of hydrogen-bond acceptors (Lipinski definition) is 2. The second-order valence-electron chi connectivity index (χ2n) is 2.99. The van der Waals surface area contributed by atoms with E-state index in [2.05, 4.69) is 17.8 Å². The van der Waals surface area contributed by atoms with Crippen LogP contribution in [0.4, 0.5) is 5.69 Å². The lowest BCUT2D eigenvalue weighted by atomic mass is 10.2. The molecule has 1 aromatic rings. The third-order valence-electron chi connectivity index (χ3n) is 2.03. The minimum Gasteiger partial charge on any atom is -0.349 e. The average Bonchev–Trinajstić information content (AvgIpc) is 2.44. The van der Waals surface area contributed by atoms with E-state index in [0.717, 1.165) is 16.9 Å². The van der Waals surface area contributed by atoms with Crippen LogP contribution in [0.25, 0.3) is 6.08 Å². The van der Waals surface area contributed by atoms with Gasteiger partial charge in [-0.15, -0.1) is 0 Å². The molecule has 1 rings (SSSR count). The zero-order chi connectivity index (χ0) is 10.6. The van der Waals surface area contributed by atoms with Crippen molar-refractivity contribution in [2.45, 2.75) is 13.3 Å². The topological polar surface area (TPSA) is 41.1 Å². The molecule has 0 saturated heterocycles. The Kier molecular flexibility index (Phi) is 3.24. The van der Waals surface area contributed by atoms with Gasteiger partial charge in [0.2, 0.25) is 0 Å². The zero-order valence-electron chi connectivity index (χ0n) is 8.49. The number of aryl methyl sites for hydroxylation is 1.